The minimum absolute atomic E-state index is 0.0908. The maximum atomic E-state index is 12.8. The lowest BCUT2D eigenvalue weighted by molar-refractivity contribution is -0.0103. The van der Waals surface area contributed by atoms with Crippen LogP contribution in [0.1, 0.15) is 56.6 Å². The van der Waals surface area contributed by atoms with Crippen LogP contribution in [0, 0.1) is 0 Å². The van der Waals surface area contributed by atoms with Crippen LogP contribution in [0.4, 0.5) is 4.53 Å². The van der Waals surface area contributed by atoms with Crippen LogP contribution < -0.4 is 4.94 Å². The summed E-state index contributed by atoms with van der Waals surface area (Å²) >= 11 is 0. The van der Waals surface area contributed by atoms with E-state index in [1.165, 1.54) is 0 Å². The van der Waals surface area contributed by atoms with Gasteiger partial charge >= 0.3 is 0 Å². The molecule has 1 atom stereocenters. The summed E-state index contributed by atoms with van der Waals surface area (Å²) in [5.74, 6) is 0.393. The van der Waals surface area contributed by atoms with Crippen LogP contribution in [0.5, 0.6) is 5.75 Å². The van der Waals surface area contributed by atoms with Gasteiger partial charge in [-0.25, -0.2) is 0 Å². The van der Waals surface area contributed by atoms with E-state index >= 15 is 0 Å². The second kappa shape index (κ2) is 4.30. The number of aliphatic hydroxyl groups is 1. The Kier molecular flexibility index (Phi) is 3.13. The van der Waals surface area contributed by atoms with Gasteiger partial charge in [-0.1, -0.05) is 39.0 Å². The molecule has 94 valence electrons. The molecule has 0 saturated heterocycles. The van der Waals surface area contributed by atoms with Crippen LogP contribution in [0.15, 0.2) is 18.2 Å². The molecule has 1 aromatic rings. The van der Waals surface area contributed by atoms with Crippen molar-refractivity contribution < 1.29 is 14.6 Å². The predicted molar refractivity (Wildman–Crippen MR) is 64.9 cm³/mol. The van der Waals surface area contributed by atoms with Crippen LogP contribution in [-0.4, -0.2) is 10.7 Å². The molecule has 2 rings (SSSR count). The average molecular weight is 238 g/mol. The van der Waals surface area contributed by atoms with Gasteiger partial charge < -0.3 is 5.11 Å². The smallest absolute Gasteiger partial charge is 0.178 e. The fourth-order valence-electron chi connectivity index (χ4n) is 2.31. The average Bonchev–Trinajstić information content (AvgIpc) is 3.06. The van der Waals surface area contributed by atoms with Crippen LogP contribution >= 0.6 is 0 Å². The highest BCUT2D eigenvalue weighted by Gasteiger charge is 2.47. The molecule has 1 unspecified atom stereocenters. The Morgan fingerprint density at radius 3 is 2.29 bits per heavy atom. The van der Waals surface area contributed by atoms with Crippen molar-refractivity contribution in [2.45, 2.75) is 51.0 Å². The molecule has 1 aromatic carbocycles. The third kappa shape index (κ3) is 2.16. The molecule has 0 aliphatic heterocycles. The third-order valence-electron chi connectivity index (χ3n) is 3.81. The molecule has 0 spiro atoms. The summed E-state index contributed by atoms with van der Waals surface area (Å²) in [5.41, 5.74) is 0.947. The van der Waals surface area contributed by atoms with Crippen molar-refractivity contribution in [2.24, 2.45) is 0 Å². The van der Waals surface area contributed by atoms with Crippen molar-refractivity contribution in [1.82, 2.24) is 0 Å². The minimum Gasteiger partial charge on any atom is -0.389 e. The Hall–Kier alpha value is -1.09. The topological polar surface area (TPSA) is 29.5 Å². The summed E-state index contributed by atoms with van der Waals surface area (Å²) in [6, 6.07) is 5.60. The van der Waals surface area contributed by atoms with E-state index in [0.717, 1.165) is 24.0 Å². The van der Waals surface area contributed by atoms with Gasteiger partial charge in [0.2, 0.25) is 0 Å². The molecule has 17 heavy (non-hydrogen) atoms. The number of hydrogen-bond acceptors (Lipinski definition) is 2. The van der Waals surface area contributed by atoms with Gasteiger partial charge in [0.15, 0.2) is 5.75 Å². The van der Waals surface area contributed by atoms with Crippen LogP contribution in [-0.2, 0) is 0 Å². The summed E-state index contributed by atoms with van der Waals surface area (Å²) in [5, 5.41) is 10.1. The highest BCUT2D eigenvalue weighted by molar-refractivity contribution is 5.46. The molecule has 0 radical (unpaired) electrons. The van der Waals surface area contributed by atoms with E-state index < -0.39 is 5.60 Å². The molecule has 1 aliphatic rings. The van der Waals surface area contributed by atoms with Crippen molar-refractivity contribution in [1.29, 1.82) is 0 Å². The Labute approximate surface area is 101 Å². The van der Waals surface area contributed by atoms with Gasteiger partial charge in [-0.2, -0.15) is 0 Å². The minimum atomic E-state index is -0.664. The van der Waals surface area contributed by atoms with Crippen LogP contribution in [0.3, 0.4) is 0 Å². The highest BCUT2D eigenvalue weighted by Crippen LogP contribution is 2.49. The lowest BCUT2D eigenvalue weighted by Gasteiger charge is -2.21. The van der Waals surface area contributed by atoms with E-state index in [2.05, 4.69) is 4.94 Å². The third-order valence-corrected chi connectivity index (χ3v) is 3.81. The summed E-state index contributed by atoms with van der Waals surface area (Å²) in [6.07, 6.45) is 1.57. The lowest BCUT2D eigenvalue weighted by atomic mass is 9.89. The first-order chi connectivity index (χ1) is 7.99. The summed E-state index contributed by atoms with van der Waals surface area (Å²) < 4.78 is 12.8. The van der Waals surface area contributed by atoms with Gasteiger partial charge in [-0.05, 0) is 18.8 Å². The second-order valence-electron chi connectivity index (χ2n) is 5.32. The summed E-state index contributed by atoms with van der Waals surface area (Å²) in [6.45, 7) is 5.92. The Morgan fingerprint density at radius 2 is 1.82 bits per heavy atom. The number of benzene rings is 1. The maximum Gasteiger partial charge on any atom is 0.178 e. The first kappa shape index (κ1) is 12.4. The second-order valence-corrected chi connectivity index (χ2v) is 5.32. The van der Waals surface area contributed by atoms with E-state index in [9.17, 15) is 9.63 Å². The highest BCUT2D eigenvalue weighted by atomic mass is 19.3. The van der Waals surface area contributed by atoms with Crippen molar-refractivity contribution in [2.75, 3.05) is 0 Å². The molecule has 1 aliphatic carbocycles. The first-order valence-corrected chi connectivity index (χ1v) is 6.13. The summed E-state index contributed by atoms with van der Waals surface area (Å²) in [7, 11) is 0. The van der Waals surface area contributed by atoms with E-state index in [-0.39, 0.29) is 17.6 Å². The van der Waals surface area contributed by atoms with Gasteiger partial charge in [0.25, 0.3) is 0 Å². The van der Waals surface area contributed by atoms with Crippen molar-refractivity contribution >= 4 is 0 Å². The lowest BCUT2D eigenvalue weighted by Crippen LogP contribution is -2.17. The van der Waals surface area contributed by atoms with E-state index in [1.54, 1.807) is 0 Å². The molecule has 3 heteroatoms. The molecule has 1 saturated carbocycles. The summed E-state index contributed by atoms with van der Waals surface area (Å²) in [4.78, 5) is 4.07. The fourth-order valence-corrected chi connectivity index (χ4v) is 2.31. The number of halogens is 1. The first-order valence-electron chi connectivity index (χ1n) is 6.13. The monoisotopic (exact) mass is 238 g/mol. The Balaban J connectivity index is 2.43. The van der Waals surface area contributed by atoms with Crippen molar-refractivity contribution in [3.63, 3.8) is 0 Å². The van der Waals surface area contributed by atoms with Crippen molar-refractivity contribution in [3.05, 3.63) is 29.3 Å². The molecule has 0 amide bonds. The number of para-hydroxylation sites is 1. The Morgan fingerprint density at radius 1 is 1.24 bits per heavy atom. The zero-order valence-corrected chi connectivity index (χ0v) is 10.5. The number of rotatable bonds is 4. The van der Waals surface area contributed by atoms with E-state index in [0.29, 0.717) is 0 Å². The largest absolute Gasteiger partial charge is 0.389 e. The van der Waals surface area contributed by atoms with Crippen molar-refractivity contribution in [3.8, 4) is 5.75 Å². The zero-order chi connectivity index (χ0) is 12.6. The molecular formula is C14H19FO2. The van der Waals surface area contributed by atoms with Gasteiger partial charge in [0.05, 0.1) is 5.60 Å². The molecule has 1 fully saturated rings. The SMILES string of the molecule is CC(C)c1cccc(C(C)C2(O)CC2)c1OF. The zero-order valence-electron chi connectivity index (χ0n) is 10.5. The number of hydrogen-bond donors (Lipinski definition) is 1. The standard InChI is InChI=1S/C14H19FO2/c1-9(2)11-5-4-6-12(13(11)17-15)10(3)14(16)7-8-14/h4-6,9-10,16H,7-8H2,1-3H3. The van der Waals surface area contributed by atoms with Crippen LogP contribution in [0.2, 0.25) is 0 Å². The van der Waals surface area contributed by atoms with Gasteiger partial charge in [-0.15, -0.1) is 0 Å². The van der Waals surface area contributed by atoms with Gasteiger partial charge in [0.1, 0.15) is 0 Å². The van der Waals surface area contributed by atoms with E-state index in [4.69, 9.17) is 0 Å². The fraction of sp³-hybridized carbons (Fsp3) is 0.571. The Bertz CT molecular complexity index is 411. The predicted octanol–water partition coefficient (Wildman–Crippen LogP) is 3.70. The molecule has 0 heterocycles. The van der Waals surface area contributed by atoms with Gasteiger partial charge in [0, 0.05) is 21.6 Å². The molecule has 0 aromatic heterocycles. The van der Waals surface area contributed by atoms with Crippen LogP contribution in [0.25, 0.3) is 0 Å². The molecular weight excluding hydrogens is 219 g/mol. The van der Waals surface area contributed by atoms with E-state index in [1.807, 2.05) is 39.0 Å². The quantitative estimate of drug-likeness (QED) is 0.866. The molecule has 1 N–H and O–H groups in total. The van der Waals surface area contributed by atoms with Gasteiger partial charge in [-0.3, -0.25) is 4.94 Å². The molecule has 2 nitrogen and oxygen atoms in total. The maximum absolute atomic E-state index is 12.8. The molecule has 0 bridgehead atoms. The normalized spacial score (nSPS) is 19.2.